The average molecular weight is 318 g/mol. The number of allylic oxidation sites excluding steroid dienone is 1. The summed E-state index contributed by atoms with van der Waals surface area (Å²) < 4.78 is 13.8. The summed E-state index contributed by atoms with van der Waals surface area (Å²) in [6, 6.07) is 3.55. The number of hydrogen-bond donors (Lipinski definition) is 1. The van der Waals surface area contributed by atoms with Crippen molar-refractivity contribution in [2.45, 2.75) is 50.7 Å². The van der Waals surface area contributed by atoms with Crippen LogP contribution in [0.5, 0.6) is 0 Å². The van der Waals surface area contributed by atoms with Crippen LogP contribution in [-0.2, 0) is 4.79 Å². The van der Waals surface area contributed by atoms with E-state index in [9.17, 15) is 9.18 Å². The fraction of sp³-hybridized carbons (Fsp3) is 0.588. The Morgan fingerprint density at radius 2 is 2.35 bits per heavy atom. The summed E-state index contributed by atoms with van der Waals surface area (Å²) in [6.07, 6.45) is 8.27. The van der Waals surface area contributed by atoms with Gasteiger partial charge in [0.15, 0.2) is 5.82 Å². The van der Waals surface area contributed by atoms with E-state index in [0.29, 0.717) is 31.7 Å². The van der Waals surface area contributed by atoms with Crippen LogP contribution in [0.4, 0.5) is 10.2 Å². The second kappa shape index (κ2) is 7.53. The Morgan fingerprint density at radius 3 is 3.09 bits per heavy atom. The molecule has 1 aliphatic heterocycles. The summed E-state index contributed by atoms with van der Waals surface area (Å²) in [5.74, 6) is 0.696. The fourth-order valence-electron chi connectivity index (χ4n) is 3.35. The molecular formula is C17H23FN4O. The number of anilines is 1. The standard InChI is InChI=1S/C17H23FN4O/c18-14-10-15(22(12-14)16-7-4-8-20-21-16)11-19-17(23)9-13-5-2-1-3-6-13/h4-5,7-8,14-15H,1-3,6,9-12H2,(H,19,23)/t14-,15-/m0/s1. The molecule has 0 saturated carbocycles. The van der Waals surface area contributed by atoms with E-state index in [1.54, 1.807) is 12.3 Å². The molecule has 1 aromatic heterocycles. The zero-order chi connectivity index (χ0) is 16.1. The molecule has 1 amide bonds. The molecule has 0 aromatic carbocycles. The molecular weight excluding hydrogens is 295 g/mol. The third kappa shape index (κ3) is 4.27. The lowest BCUT2D eigenvalue weighted by Gasteiger charge is -2.25. The quantitative estimate of drug-likeness (QED) is 0.847. The van der Waals surface area contributed by atoms with Gasteiger partial charge in [-0.25, -0.2) is 4.39 Å². The van der Waals surface area contributed by atoms with Gasteiger partial charge in [0.05, 0.1) is 12.6 Å². The number of carbonyl (C=O) groups is 1. The van der Waals surface area contributed by atoms with Crippen LogP contribution in [0, 0.1) is 0 Å². The molecule has 0 spiro atoms. The number of nitrogens with zero attached hydrogens (tertiary/aromatic N) is 3. The normalized spacial score (nSPS) is 24.4. The average Bonchev–Trinajstić information content (AvgIpc) is 2.96. The highest BCUT2D eigenvalue weighted by atomic mass is 19.1. The van der Waals surface area contributed by atoms with Gasteiger partial charge in [0.2, 0.25) is 5.91 Å². The number of halogens is 1. The summed E-state index contributed by atoms with van der Waals surface area (Å²) in [4.78, 5) is 14.0. The van der Waals surface area contributed by atoms with Gasteiger partial charge in [0.1, 0.15) is 6.17 Å². The van der Waals surface area contributed by atoms with Crippen molar-refractivity contribution in [1.29, 1.82) is 0 Å². The summed E-state index contributed by atoms with van der Waals surface area (Å²) in [5.41, 5.74) is 1.23. The van der Waals surface area contributed by atoms with Crippen LogP contribution in [0.1, 0.15) is 38.5 Å². The maximum absolute atomic E-state index is 13.8. The zero-order valence-corrected chi connectivity index (χ0v) is 13.2. The highest BCUT2D eigenvalue weighted by molar-refractivity contribution is 5.78. The Morgan fingerprint density at radius 1 is 1.43 bits per heavy atom. The first-order chi connectivity index (χ1) is 11.2. The molecule has 124 valence electrons. The summed E-state index contributed by atoms with van der Waals surface area (Å²) in [5, 5.41) is 10.9. The molecule has 2 atom stereocenters. The van der Waals surface area contributed by atoms with E-state index < -0.39 is 6.17 Å². The van der Waals surface area contributed by atoms with E-state index in [-0.39, 0.29) is 11.9 Å². The van der Waals surface area contributed by atoms with E-state index >= 15 is 0 Å². The minimum atomic E-state index is -0.889. The molecule has 1 aliphatic carbocycles. The van der Waals surface area contributed by atoms with Crippen LogP contribution >= 0.6 is 0 Å². The van der Waals surface area contributed by atoms with Crippen LogP contribution in [-0.4, -0.2) is 41.4 Å². The monoisotopic (exact) mass is 318 g/mol. The van der Waals surface area contributed by atoms with Crippen LogP contribution in [0.15, 0.2) is 30.0 Å². The first-order valence-electron chi connectivity index (χ1n) is 8.35. The molecule has 1 aromatic rings. The Bertz CT molecular complexity index is 563. The van der Waals surface area contributed by atoms with Gasteiger partial charge in [-0.15, -0.1) is 5.10 Å². The molecule has 23 heavy (non-hydrogen) atoms. The molecule has 1 saturated heterocycles. The summed E-state index contributed by atoms with van der Waals surface area (Å²) >= 11 is 0. The Hall–Kier alpha value is -1.98. The molecule has 0 radical (unpaired) electrons. The van der Waals surface area contributed by atoms with Crippen molar-refractivity contribution >= 4 is 11.7 Å². The number of nitrogens with one attached hydrogen (secondary N) is 1. The van der Waals surface area contributed by atoms with E-state index in [4.69, 9.17) is 0 Å². The number of aromatic nitrogens is 2. The van der Waals surface area contributed by atoms with E-state index in [1.165, 1.54) is 18.4 Å². The van der Waals surface area contributed by atoms with E-state index in [1.807, 2.05) is 11.0 Å². The van der Waals surface area contributed by atoms with Crippen molar-refractivity contribution in [2.75, 3.05) is 18.0 Å². The molecule has 1 N–H and O–H groups in total. The zero-order valence-electron chi connectivity index (χ0n) is 13.2. The molecule has 2 heterocycles. The fourth-order valence-corrected chi connectivity index (χ4v) is 3.35. The molecule has 2 aliphatic rings. The van der Waals surface area contributed by atoms with Gasteiger partial charge >= 0.3 is 0 Å². The smallest absolute Gasteiger partial charge is 0.224 e. The predicted octanol–water partition coefficient (Wildman–Crippen LogP) is 2.40. The first-order valence-corrected chi connectivity index (χ1v) is 8.35. The van der Waals surface area contributed by atoms with Crippen LogP contribution in [0.25, 0.3) is 0 Å². The lowest BCUT2D eigenvalue weighted by Crippen LogP contribution is -2.40. The SMILES string of the molecule is O=C(CC1=CCCCC1)NC[C@@H]1C[C@H](F)CN1c1cccnn1. The van der Waals surface area contributed by atoms with Crippen molar-refractivity contribution in [3.05, 3.63) is 30.0 Å². The third-order valence-corrected chi connectivity index (χ3v) is 4.52. The molecule has 5 nitrogen and oxygen atoms in total. The number of amides is 1. The largest absolute Gasteiger partial charge is 0.354 e. The van der Waals surface area contributed by atoms with Gasteiger partial charge in [-0.1, -0.05) is 11.6 Å². The lowest BCUT2D eigenvalue weighted by atomic mass is 9.97. The maximum Gasteiger partial charge on any atom is 0.224 e. The van der Waals surface area contributed by atoms with Crippen molar-refractivity contribution in [2.24, 2.45) is 0 Å². The second-order valence-electron chi connectivity index (χ2n) is 6.31. The molecule has 0 bridgehead atoms. The van der Waals surface area contributed by atoms with Gasteiger partial charge < -0.3 is 10.2 Å². The lowest BCUT2D eigenvalue weighted by molar-refractivity contribution is -0.120. The van der Waals surface area contributed by atoms with Crippen molar-refractivity contribution < 1.29 is 9.18 Å². The Kier molecular flexibility index (Phi) is 5.20. The van der Waals surface area contributed by atoms with Crippen molar-refractivity contribution in [1.82, 2.24) is 15.5 Å². The van der Waals surface area contributed by atoms with Gasteiger partial charge in [-0.05, 0) is 37.8 Å². The van der Waals surface area contributed by atoms with Crippen molar-refractivity contribution in [3.8, 4) is 0 Å². The number of rotatable bonds is 5. The number of alkyl halides is 1. The first kappa shape index (κ1) is 15.9. The summed E-state index contributed by atoms with van der Waals surface area (Å²) in [6.45, 7) is 0.757. The number of hydrogen-bond acceptors (Lipinski definition) is 4. The molecule has 0 unspecified atom stereocenters. The van der Waals surface area contributed by atoms with Gasteiger partial charge in [-0.3, -0.25) is 4.79 Å². The molecule has 6 heteroatoms. The second-order valence-corrected chi connectivity index (χ2v) is 6.31. The molecule has 3 rings (SSSR count). The number of carbonyl (C=O) groups excluding carboxylic acids is 1. The Balaban J connectivity index is 1.53. The minimum absolute atomic E-state index is 0.0274. The van der Waals surface area contributed by atoms with Gasteiger partial charge in [0.25, 0.3) is 0 Å². The van der Waals surface area contributed by atoms with Crippen LogP contribution < -0.4 is 10.2 Å². The molecule has 1 fully saturated rings. The highest BCUT2D eigenvalue weighted by Crippen LogP contribution is 2.25. The highest BCUT2D eigenvalue weighted by Gasteiger charge is 2.33. The third-order valence-electron chi connectivity index (χ3n) is 4.52. The maximum atomic E-state index is 13.8. The van der Waals surface area contributed by atoms with Crippen LogP contribution in [0.3, 0.4) is 0 Å². The van der Waals surface area contributed by atoms with E-state index in [2.05, 4.69) is 21.6 Å². The Labute approximate surface area is 136 Å². The summed E-state index contributed by atoms with van der Waals surface area (Å²) in [7, 11) is 0. The topological polar surface area (TPSA) is 58.1 Å². The van der Waals surface area contributed by atoms with Crippen molar-refractivity contribution in [3.63, 3.8) is 0 Å². The van der Waals surface area contributed by atoms with Gasteiger partial charge in [-0.2, -0.15) is 5.10 Å². The van der Waals surface area contributed by atoms with E-state index in [0.717, 1.165) is 12.8 Å². The van der Waals surface area contributed by atoms with Gasteiger partial charge in [0, 0.05) is 25.6 Å². The minimum Gasteiger partial charge on any atom is -0.354 e. The predicted molar refractivity (Wildman–Crippen MR) is 86.9 cm³/mol. The van der Waals surface area contributed by atoms with Crippen LogP contribution in [0.2, 0.25) is 0 Å².